The molecule has 3 nitrogen and oxygen atoms in total. The van der Waals surface area contributed by atoms with E-state index in [1.54, 1.807) is 0 Å². The number of ketones is 1. The van der Waals surface area contributed by atoms with E-state index in [1.807, 2.05) is 4.68 Å². The number of hydrogen-bond donors (Lipinski definition) is 0. The molecule has 17 heavy (non-hydrogen) atoms. The number of carbonyl (C=O) groups excluding carboxylic acids is 1. The van der Waals surface area contributed by atoms with E-state index < -0.39 is 0 Å². The molecule has 0 saturated carbocycles. The Morgan fingerprint density at radius 3 is 2.47 bits per heavy atom. The van der Waals surface area contributed by atoms with Gasteiger partial charge in [-0.05, 0) is 24.8 Å². The lowest BCUT2D eigenvalue weighted by Crippen LogP contribution is -2.16. The molecule has 0 fully saturated rings. The Morgan fingerprint density at radius 1 is 1.35 bits per heavy atom. The highest BCUT2D eigenvalue weighted by Gasteiger charge is 2.18. The van der Waals surface area contributed by atoms with E-state index in [-0.39, 0.29) is 5.41 Å². The summed E-state index contributed by atoms with van der Waals surface area (Å²) < 4.78 is 1.94. The zero-order chi connectivity index (χ0) is 13.1. The second-order valence-corrected chi connectivity index (χ2v) is 5.75. The van der Waals surface area contributed by atoms with Crippen molar-refractivity contribution in [2.75, 3.05) is 0 Å². The number of Topliss-reactive ketones (excluding diaryl/α,β-unsaturated/α-hetero) is 1. The van der Waals surface area contributed by atoms with Crippen molar-refractivity contribution in [3.63, 3.8) is 0 Å². The lowest BCUT2D eigenvalue weighted by molar-refractivity contribution is -0.120. The molecule has 0 spiro atoms. The first-order valence-corrected chi connectivity index (χ1v) is 6.43. The van der Waals surface area contributed by atoms with Crippen LogP contribution in [0.1, 0.15) is 52.4 Å². The second-order valence-electron chi connectivity index (χ2n) is 5.75. The zero-order valence-corrected chi connectivity index (χ0v) is 11.7. The first-order valence-electron chi connectivity index (χ1n) is 6.43. The van der Waals surface area contributed by atoms with E-state index in [0.29, 0.717) is 18.6 Å². The topological polar surface area (TPSA) is 34.9 Å². The summed E-state index contributed by atoms with van der Waals surface area (Å²) in [5.41, 5.74) is 2.20. The smallest absolute Gasteiger partial charge is 0.139 e. The van der Waals surface area contributed by atoms with Gasteiger partial charge in [0, 0.05) is 25.1 Å². The Kier molecular flexibility index (Phi) is 4.49. The maximum Gasteiger partial charge on any atom is 0.139 e. The second kappa shape index (κ2) is 5.48. The van der Waals surface area contributed by atoms with Crippen LogP contribution in [-0.4, -0.2) is 15.6 Å². The Balaban J connectivity index is 2.73. The average molecular weight is 236 g/mol. The number of nitrogens with zero attached hydrogens (tertiary/aromatic N) is 2. The van der Waals surface area contributed by atoms with Gasteiger partial charge in [0.1, 0.15) is 5.78 Å². The summed E-state index contributed by atoms with van der Waals surface area (Å²) >= 11 is 0. The quantitative estimate of drug-likeness (QED) is 0.787. The number of aryl methyl sites for hydroxylation is 2. The number of rotatable bonds is 5. The van der Waals surface area contributed by atoms with Crippen LogP contribution < -0.4 is 0 Å². The van der Waals surface area contributed by atoms with Crippen LogP contribution in [0.3, 0.4) is 0 Å². The molecule has 1 aromatic heterocycles. The van der Waals surface area contributed by atoms with Gasteiger partial charge >= 0.3 is 0 Å². The molecule has 0 unspecified atom stereocenters. The maximum absolute atomic E-state index is 12.0. The highest BCUT2D eigenvalue weighted by molar-refractivity contribution is 5.81. The van der Waals surface area contributed by atoms with E-state index >= 15 is 0 Å². The van der Waals surface area contributed by atoms with Crippen LogP contribution in [0.5, 0.6) is 0 Å². The minimum atomic E-state index is 0.0712. The molecule has 0 N–H and O–H groups in total. The molecular weight excluding hydrogens is 212 g/mol. The normalized spacial score (nSPS) is 11.8. The van der Waals surface area contributed by atoms with Gasteiger partial charge in [-0.2, -0.15) is 5.10 Å². The highest BCUT2D eigenvalue weighted by atomic mass is 16.1. The monoisotopic (exact) mass is 236 g/mol. The predicted octanol–water partition coefficient (Wildman–Crippen LogP) is 3.01. The fraction of sp³-hybridized carbons (Fsp3) is 0.714. The molecule has 0 aliphatic heterocycles. The van der Waals surface area contributed by atoms with Gasteiger partial charge < -0.3 is 0 Å². The number of aromatic nitrogens is 2. The molecule has 0 atom stereocenters. The standard InChI is InChI=1S/C14H24N2O/c1-6-11-8-12(16(7-2)15-11)9-13(17)10-14(3,4)5/h8H,6-7,9-10H2,1-5H3. The molecule has 1 rings (SSSR count). The fourth-order valence-electron chi connectivity index (χ4n) is 1.96. The van der Waals surface area contributed by atoms with Gasteiger partial charge in [0.05, 0.1) is 5.69 Å². The molecule has 3 heteroatoms. The van der Waals surface area contributed by atoms with Crippen molar-refractivity contribution in [3.8, 4) is 0 Å². The van der Waals surface area contributed by atoms with Gasteiger partial charge in [-0.3, -0.25) is 9.48 Å². The van der Waals surface area contributed by atoms with E-state index in [1.165, 1.54) is 0 Å². The number of hydrogen-bond acceptors (Lipinski definition) is 2. The van der Waals surface area contributed by atoms with Gasteiger partial charge in [-0.25, -0.2) is 0 Å². The highest BCUT2D eigenvalue weighted by Crippen LogP contribution is 2.20. The minimum Gasteiger partial charge on any atom is -0.299 e. The van der Waals surface area contributed by atoms with Gasteiger partial charge in [0.15, 0.2) is 0 Å². The minimum absolute atomic E-state index is 0.0712. The Hall–Kier alpha value is -1.12. The van der Waals surface area contributed by atoms with E-state index in [4.69, 9.17) is 0 Å². The lowest BCUT2D eigenvalue weighted by Gasteiger charge is -2.16. The van der Waals surface area contributed by atoms with Crippen LogP contribution in [0.2, 0.25) is 0 Å². The summed E-state index contributed by atoms with van der Waals surface area (Å²) in [5.74, 6) is 0.301. The molecular formula is C14H24N2O. The van der Waals surface area contributed by atoms with E-state index in [0.717, 1.165) is 24.4 Å². The maximum atomic E-state index is 12.0. The third-order valence-corrected chi connectivity index (χ3v) is 2.68. The predicted molar refractivity (Wildman–Crippen MR) is 70.1 cm³/mol. The van der Waals surface area contributed by atoms with Gasteiger partial charge in [-0.15, -0.1) is 0 Å². The zero-order valence-electron chi connectivity index (χ0n) is 11.7. The van der Waals surface area contributed by atoms with Crippen molar-refractivity contribution in [2.24, 2.45) is 5.41 Å². The third-order valence-electron chi connectivity index (χ3n) is 2.68. The van der Waals surface area contributed by atoms with Crippen molar-refractivity contribution >= 4 is 5.78 Å². The summed E-state index contributed by atoms with van der Waals surface area (Å²) in [5, 5.41) is 4.46. The summed E-state index contributed by atoms with van der Waals surface area (Å²) in [7, 11) is 0. The molecule has 0 bridgehead atoms. The van der Waals surface area contributed by atoms with Gasteiger partial charge in [0.25, 0.3) is 0 Å². The molecule has 1 aromatic rings. The molecule has 1 heterocycles. The Labute approximate surface area is 104 Å². The fourth-order valence-corrected chi connectivity index (χ4v) is 1.96. The van der Waals surface area contributed by atoms with Crippen LogP contribution in [0.4, 0.5) is 0 Å². The van der Waals surface area contributed by atoms with E-state index in [9.17, 15) is 4.79 Å². The molecule has 0 aromatic carbocycles. The van der Waals surface area contributed by atoms with Crippen LogP contribution in [0, 0.1) is 5.41 Å². The molecule has 0 aliphatic carbocycles. The van der Waals surface area contributed by atoms with Crippen molar-refractivity contribution in [3.05, 3.63) is 17.5 Å². The lowest BCUT2D eigenvalue weighted by atomic mass is 9.89. The van der Waals surface area contributed by atoms with Crippen molar-refractivity contribution < 1.29 is 4.79 Å². The first kappa shape index (κ1) is 13.9. The van der Waals surface area contributed by atoms with Crippen molar-refractivity contribution in [2.45, 2.75) is 60.4 Å². The van der Waals surface area contributed by atoms with Gasteiger partial charge in [-0.1, -0.05) is 27.7 Å². The molecule has 0 amide bonds. The summed E-state index contributed by atoms with van der Waals surface area (Å²) in [6.45, 7) is 11.3. The summed E-state index contributed by atoms with van der Waals surface area (Å²) in [6.07, 6.45) is 2.06. The first-order chi connectivity index (χ1) is 7.85. The third kappa shape index (κ3) is 4.33. The van der Waals surface area contributed by atoms with Crippen molar-refractivity contribution in [1.82, 2.24) is 9.78 Å². The van der Waals surface area contributed by atoms with Crippen LogP contribution >= 0.6 is 0 Å². The van der Waals surface area contributed by atoms with Crippen LogP contribution in [0.25, 0.3) is 0 Å². The summed E-state index contributed by atoms with van der Waals surface area (Å²) in [4.78, 5) is 12.0. The number of carbonyl (C=O) groups is 1. The Bertz CT molecular complexity index is 385. The molecule has 0 saturated heterocycles. The summed E-state index contributed by atoms with van der Waals surface area (Å²) in [6, 6.07) is 2.06. The average Bonchev–Trinajstić information content (AvgIpc) is 2.57. The molecule has 96 valence electrons. The van der Waals surface area contributed by atoms with Crippen LogP contribution in [-0.2, 0) is 24.2 Å². The van der Waals surface area contributed by atoms with Crippen molar-refractivity contribution in [1.29, 1.82) is 0 Å². The Morgan fingerprint density at radius 2 is 2.00 bits per heavy atom. The molecule has 0 aliphatic rings. The van der Waals surface area contributed by atoms with Crippen LogP contribution in [0.15, 0.2) is 6.07 Å². The van der Waals surface area contributed by atoms with E-state index in [2.05, 4.69) is 45.8 Å². The largest absolute Gasteiger partial charge is 0.299 e. The van der Waals surface area contributed by atoms with Gasteiger partial charge in [0.2, 0.25) is 0 Å². The SMILES string of the molecule is CCc1cc(CC(=O)CC(C)(C)C)n(CC)n1. The molecule has 0 radical (unpaired) electrons.